The highest BCUT2D eigenvalue weighted by atomic mass is 16.4. The number of hydrogen-bond donors (Lipinski definition) is 3. The molecule has 1 aliphatic rings. The Labute approximate surface area is 99.8 Å². The zero-order valence-corrected chi connectivity index (χ0v) is 10.1. The van der Waals surface area contributed by atoms with Gasteiger partial charge in [0.2, 0.25) is 5.91 Å². The molecule has 1 rings (SSSR count). The zero-order chi connectivity index (χ0) is 13.1. The van der Waals surface area contributed by atoms with E-state index in [-0.39, 0.29) is 18.4 Å². The number of carbonyl (C=O) groups excluding carboxylic acids is 2. The Bertz CT molecular complexity index is 334. The quantitative estimate of drug-likeness (QED) is 0.666. The van der Waals surface area contributed by atoms with Gasteiger partial charge in [0.1, 0.15) is 0 Å². The summed E-state index contributed by atoms with van der Waals surface area (Å²) in [5.74, 6) is -1.17. The first-order valence-corrected chi connectivity index (χ1v) is 5.65. The van der Waals surface area contributed by atoms with Gasteiger partial charge in [-0.25, -0.2) is 4.79 Å². The standard InChI is InChI=1S/C11H18N2O4/c1-11(2,7-3-4-7)13-10(17)12-8(14)5-6-9(15)16/h7H,3-6H2,1-2H3,(H,15,16)(H2,12,13,14,17). The van der Waals surface area contributed by atoms with Crippen molar-refractivity contribution >= 4 is 17.9 Å². The zero-order valence-electron chi connectivity index (χ0n) is 10.1. The van der Waals surface area contributed by atoms with E-state index in [1.54, 1.807) is 0 Å². The maximum atomic E-state index is 11.5. The van der Waals surface area contributed by atoms with Gasteiger partial charge in [0.25, 0.3) is 0 Å². The molecule has 3 amide bonds. The average Bonchev–Trinajstić information content (AvgIpc) is 2.96. The van der Waals surface area contributed by atoms with Gasteiger partial charge in [0.05, 0.1) is 6.42 Å². The van der Waals surface area contributed by atoms with Crippen LogP contribution in [0.25, 0.3) is 0 Å². The van der Waals surface area contributed by atoms with Gasteiger partial charge < -0.3 is 10.4 Å². The second kappa shape index (κ2) is 5.16. The third-order valence-electron chi connectivity index (χ3n) is 2.85. The summed E-state index contributed by atoms with van der Waals surface area (Å²) in [5.41, 5.74) is -0.322. The molecule has 1 aliphatic carbocycles. The Hall–Kier alpha value is -1.59. The third-order valence-corrected chi connectivity index (χ3v) is 2.85. The van der Waals surface area contributed by atoms with Crippen molar-refractivity contribution in [3.05, 3.63) is 0 Å². The van der Waals surface area contributed by atoms with E-state index in [0.717, 1.165) is 12.8 Å². The molecule has 0 bridgehead atoms. The average molecular weight is 242 g/mol. The largest absolute Gasteiger partial charge is 0.481 e. The lowest BCUT2D eigenvalue weighted by molar-refractivity contribution is -0.138. The van der Waals surface area contributed by atoms with E-state index in [0.29, 0.717) is 5.92 Å². The highest BCUT2D eigenvalue weighted by molar-refractivity contribution is 5.95. The van der Waals surface area contributed by atoms with Crippen LogP contribution >= 0.6 is 0 Å². The SMILES string of the molecule is CC(C)(NC(=O)NC(=O)CCC(=O)O)C1CC1. The summed E-state index contributed by atoms with van der Waals surface area (Å²) in [6.07, 6.45) is 1.71. The molecule has 17 heavy (non-hydrogen) atoms. The second-order valence-electron chi connectivity index (χ2n) is 4.89. The Morgan fingerprint density at radius 1 is 1.24 bits per heavy atom. The Kier molecular flexibility index (Phi) is 4.09. The van der Waals surface area contributed by atoms with E-state index in [9.17, 15) is 14.4 Å². The highest BCUT2D eigenvalue weighted by Gasteiger charge is 2.38. The topological polar surface area (TPSA) is 95.5 Å². The van der Waals surface area contributed by atoms with Gasteiger partial charge in [-0.15, -0.1) is 0 Å². The normalized spacial score (nSPS) is 15.2. The Morgan fingerprint density at radius 3 is 2.29 bits per heavy atom. The highest BCUT2D eigenvalue weighted by Crippen LogP contribution is 2.39. The molecule has 0 saturated heterocycles. The van der Waals surface area contributed by atoms with Crippen molar-refractivity contribution < 1.29 is 19.5 Å². The number of imide groups is 1. The molecular formula is C11H18N2O4. The van der Waals surface area contributed by atoms with E-state index in [4.69, 9.17) is 5.11 Å². The number of aliphatic carboxylic acids is 1. The number of rotatable bonds is 5. The predicted molar refractivity (Wildman–Crippen MR) is 60.3 cm³/mol. The van der Waals surface area contributed by atoms with Crippen molar-refractivity contribution in [2.24, 2.45) is 5.92 Å². The molecule has 1 fully saturated rings. The predicted octanol–water partition coefficient (Wildman–Crippen LogP) is 0.866. The number of amides is 3. The molecule has 96 valence electrons. The fourth-order valence-corrected chi connectivity index (χ4v) is 1.64. The number of urea groups is 1. The number of carboxylic acids is 1. The van der Waals surface area contributed by atoms with Crippen molar-refractivity contribution in [2.75, 3.05) is 0 Å². The van der Waals surface area contributed by atoms with Crippen molar-refractivity contribution in [1.82, 2.24) is 10.6 Å². The summed E-state index contributed by atoms with van der Waals surface area (Å²) in [5, 5.41) is 13.2. The van der Waals surface area contributed by atoms with Gasteiger partial charge in [-0.1, -0.05) is 0 Å². The lowest BCUT2D eigenvalue weighted by Gasteiger charge is -2.25. The van der Waals surface area contributed by atoms with E-state index in [1.165, 1.54) is 0 Å². The Morgan fingerprint density at radius 2 is 1.82 bits per heavy atom. The molecule has 1 saturated carbocycles. The van der Waals surface area contributed by atoms with Crippen LogP contribution in [-0.4, -0.2) is 28.6 Å². The van der Waals surface area contributed by atoms with Gasteiger partial charge in [-0.3, -0.25) is 14.9 Å². The molecule has 0 aromatic heterocycles. The van der Waals surface area contributed by atoms with Crippen LogP contribution < -0.4 is 10.6 Å². The maximum Gasteiger partial charge on any atom is 0.321 e. The Balaban J connectivity index is 2.28. The first-order chi connectivity index (χ1) is 7.81. The van der Waals surface area contributed by atoms with Crippen LogP contribution in [0.2, 0.25) is 0 Å². The molecular weight excluding hydrogens is 224 g/mol. The minimum Gasteiger partial charge on any atom is -0.481 e. The number of nitrogens with one attached hydrogen (secondary N) is 2. The van der Waals surface area contributed by atoms with Crippen molar-refractivity contribution in [1.29, 1.82) is 0 Å². The summed E-state index contributed by atoms with van der Waals surface area (Å²) in [7, 11) is 0. The van der Waals surface area contributed by atoms with E-state index < -0.39 is 17.9 Å². The third kappa shape index (κ3) is 4.84. The molecule has 6 nitrogen and oxygen atoms in total. The number of carbonyl (C=O) groups is 3. The lowest BCUT2D eigenvalue weighted by atomic mass is 9.99. The molecule has 0 spiro atoms. The molecule has 3 N–H and O–H groups in total. The second-order valence-corrected chi connectivity index (χ2v) is 4.89. The van der Waals surface area contributed by atoms with Crippen molar-refractivity contribution in [3.8, 4) is 0 Å². The van der Waals surface area contributed by atoms with Crippen molar-refractivity contribution in [2.45, 2.75) is 45.1 Å². The molecule has 0 aromatic carbocycles. The van der Waals surface area contributed by atoms with Crippen molar-refractivity contribution in [3.63, 3.8) is 0 Å². The van der Waals surface area contributed by atoms with Crippen LogP contribution in [0, 0.1) is 5.92 Å². The number of hydrogen-bond acceptors (Lipinski definition) is 3. The van der Waals surface area contributed by atoms with Gasteiger partial charge in [0.15, 0.2) is 0 Å². The van der Waals surface area contributed by atoms with E-state index >= 15 is 0 Å². The summed E-state index contributed by atoms with van der Waals surface area (Å²) in [6.45, 7) is 3.82. The van der Waals surface area contributed by atoms with Gasteiger partial charge >= 0.3 is 12.0 Å². The lowest BCUT2D eigenvalue weighted by Crippen LogP contribution is -2.51. The molecule has 6 heteroatoms. The van der Waals surface area contributed by atoms with Crippen LogP contribution in [0.5, 0.6) is 0 Å². The smallest absolute Gasteiger partial charge is 0.321 e. The summed E-state index contributed by atoms with van der Waals surface area (Å²) in [4.78, 5) is 32.9. The fourth-order valence-electron chi connectivity index (χ4n) is 1.64. The van der Waals surface area contributed by atoms with Gasteiger partial charge in [0, 0.05) is 12.0 Å². The minimum atomic E-state index is -1.06. The molecule has 0 radical (unpaired) electrons. The van der Waals surface area contributed by atoms with E-state index in [1.807, 2.05) is 13.8 Å². The van der Waals surface area contributed by atoms with Gasteiger partial charge in [-0.05, 0) is 32.6 Å². The van der Waals surface area contributed by atoms with Crippen LogP contribution in [-0.2, 0) is 9.59 Å². The van der Waals surface area contributed by atoms with Crippen LogP contribution in [0.15, 0.2) is 0 Å². The number of carboxylic acid groups (broad SMARTS) is 1. The fraction of sp³-hybridized carbons (Fsp3) is 0.727. The summed E-state index contributed by atoms with van der Waals surface area (Å²) >= 11 is 0. The van der Waals surface area contributed by atoms with E-state index in [2.05, 4.69) is 10.6 Å². The molecule has 0 unspecified atom stereocenters. The van der Waals surface area contributed by atoms with Crippen LogP contribution in [0.3, 0.4) is 0 Å². The summed E-state index contributed by atoms with van der Waals surface area (Å²) < 4.78 is 0. The van der Waals surface area contributed by atoms with Gasteiger partial charge in [-0.2, -0.15) is 0 Å². The molecule has 0 atom stereocenters. The monoisotopic (exact) mass is 242 g/mol. The van der Waals surface area contributed by atoms with Crippen LogP contribution in [0.1, 0.15) is 39.5 Å². The minimum absolute atomic E-state index is 0.188. The molecule has 0 aromatic rings. The molecule has 0 heterocycles. The summed E-state index contributed by atoms with van der Waals surface area (Å²) in [6, 6.07) is -0.558. The first-order valence-electron chi connectivity index (χ1n) is 5.65. The first kappa shape index (κ1) is 13.5. The maximum absolute atomic E-state index is 11.5. The molecule has 0 aliphatic heterocycles. The van der Waals surface area contributed by atoms with Crippen LogP contribution in [0.4, 0.5) is 4.79 Å².